The molecule has 0 bridgehead atoms. The van der Waals surface area contributed by atoms with Crippen molar-refractivity contribution in [3.05, 3.63) is 31.9 Å². The summed E-state index contributed by atoms with van der Waals surface area (Å²) >= 11 is 0.241. The Morgan fingerprint density at radius 1 is 1.25 bits per heavy atom. The third-order valence-corrected chi connectivity index (χ3v) is 4.64. The van der Waals surface area contributed by atoms with Crippen molar-refractivity contribution < 1.29 is 32.5 Å². The van der Waals surface area contributed by atoms with Gasteiger partial charge in [0.05, 0.1) is 28.3 Å². The third kappa shape index (κ3) is 5.97. The molecule has 0 unspecified atom stereocenters. The maximum Gasteiger partial charge on any atom is 0.417 e. The van der Waals surface area contributed by atoms with E-state index in [9.17, 15) is 38.2 Å². The standard InChI is InChI=1S/C15H18F3N3O6S/c1-3-4-5-6-19-12-10(20(23)24)7-9(15(16,17)18)14(13(12)21(25)26)28-8-11(22)27-2/h7,19H,3-6,8H2,1-2H3. The number of halogens is 3. The Bertz CT molecular complexity index is 758. The Morgan fingerprint density at radius 2 is 1.89 bits per heavy atom. The molecule has 0 spiro atoms. The van der Waals surface area contributed by atoms with E-state index >= 15 is 0 Å². The molecule has 0 fully saturated rings. The normalized spacial score (nSPS) is 11.2. The minimum absolute atomic E-state index is 0.0992. The van der Waals surface area contributed by atoms with Gasteiger partial charge in [-0.25, -0.2) is 0 Å². The molecule has 0 amide bonds. The summed E-state index contributed by atoms with van der Waals surface area (Å²) in [4.78, 5) is 31.0. The molecule has 0 aliphatic heterocycles. The van der Waals surface area contributed by atoms with Crippen LogP contribution in [0.2, 0.25) is 0 Å². The number of hydrogen-bond donors (Lipinski definition) is 1. The topological polar surface area (TPSA) is 125 Å². The quantitative estimate of drug-likeness (QED) is 0.192. The lowest BCUT2D eigenvalue weighted by Crippen LogP contribution is -2.14. The summed E-state index contributed by atoms with van der Waals surface area (Å²) < 4.78 is 44.6. The molecule has 0 heterocycles. The van der Waals surface area contributed by atoms with Crippen LogP contribution in [-0.2, 0) is 15.7 Å². The molecule has 0 aromatic heterocycles. The largest absolute Gasteiger partial charge is 0.468 e. The molecule has 28 heavy (non-hydrogen) atoms. The second-order valence-electron chi connectivity index (χ2n) is 5.51. The van der Waals surface area contributed by atoms with E-state index in [0.29, 0.717) is 6.42 Å². The molecular formula is C15H18F3N3O6S. The number of alkyl halides is 3. The number of thioether (sulfide) groups is 1. The zero-order chi connectivity index (χ0) is 21.5. The molecule has 0 aliphatic carbocycles. The zero-order valence-corrected chi connectivity index (χ0v) is 15.8. The Morgan fingerprint density at radius 3 is 2.36 bits per heavy atom. The van der Waals surface area contributed by atoms with E-state index < -0.39 is 55.3 Å². The summed E-state index contributed by atoms with van der Waals surface area (Å²) in [6.45, 7) is 1.99. The van der Waals surface area contributed by atoms with E-state index in [1.54, 1.807) is 0 Å². The maximum atomic E-state index is 13.4. The minimum Gasteiger partial charge on any atom is -0.468 e. The molecule has 156 valence electrons. The van der Waals surface area contributed by atoms with E-state index in [-0.39, 0.29) is 24.4 Å². The van der Waals surface area contributed by atoms with Crippen molar-refractivity contribution in [2.45, 2.75) is 37.3 Å². The molecule has 0 aliphatic rings. The van der Waals surface area contributed by atoms with Crippen LogP contribution in [0.25, 0.3) is 0 Å². The highest BCUT2D eigenvalue weighted by Crippen LogP contribution is 2.49. The van der Waals surface area contributed by atoms with Crippen LogP contribution in [0.1, 0.15) is 31.7 Å². The lowest BCUT2D eigenvalue weighted by molar-refractivity contribution is -0.394. The lowest BCUT2D eigenvalue weighted by atomic mass is 10.1. The van der Waals surface area contributed by atoms with Gasteiger partial charge in [0.15, 0.2) is 5.69 Å². The number of anilines is 1. The Labute approximate surface area is 161 Å². The summed E-state index contributed by atoms with van der Waals surface area (Å²) in [6, 6.07) is 0.245. The van der Waals surface area contributed by atoms with Crippen LogP contribution in [0.5, 0.6) is 0 Å². The van der Waals surface area contributed by atoms with E-state index in [2.05, 4.69) is 10.1 Å². The maximum absolute atomic E-state index is 13.4. The predicted molar refractivity (Wildman–Crippen MR) is 95.5 cm³/mol. The molecule has 9 nitrogen and oxygen atoms in total. The fraction of sp³-hybridized carbons (Fsp3) is 0.533. The highest BCUT2D eigenvalue weighted by Gasteiger charge is 2.42. The second kappa shape index (κ2) is 10.1. The van der Waals surface area contributed by atoms with Crippen molar-refractivity contribution in [3.63, 3.8) is 0 Å². The van der Waals surface area contributed by atoms with Gasteiger partial charge in [-0.1, -0.05) is 19.8 Å². The first kappa shape index (κ1) is 23.5. The molecular weight excluding hydrogens is 407 g/mol. The molecule has 0 saturated heterocycles. The summed E-state index contributed by atoms with van der Waals surface area (Å²) in [6.07, 6.45) is -3.07. The lowest BCUT2D eigenvalue weighted by Gasteiger charge is -2.16. The van der Waals surface area contributed by atoms with Crippen LogP contribution in [-0.4, -0.2) is 35.2 Å². The van der Waals surface area contributed by atoms with Gasteiger partial charge in [-0.2, -0.15) is 13.2 Å². The van der Waals surface area contributed by atoms with Gasteiger partial charge in [0.2, 0.25) is 0 Å². The smallest absolute Gasteiger partial charge is 0.417 e. The molecule has 0 atom stereocenters. The van der Waals surface area contributed by atoms with Crippen molar-refractivity contribution in [2.75, 3.05) is 24.7 Å². The van der Waals surface area contributed by atoms with Crippen molar-refractivity contribution in [3.8, 4) is 0 Å². The molecule has 1 N–H and O–H groups in total. The van der Waals surface area contributed by atoms with Crippen LogP contribution in [0.15, 0.2) is 11.0 Å². The number of unbranched alkanes of at least 4 members (excludes halogenated alkanes) is 2. The monoisotopic (exact) mass is 425 g/mol. The van der Waals surface area contributed by atoms with Crippen molar-refractivity contribution in [1.29, 1.82) is 0 Å². The van der Waals surface area contributed by atoms with Crippen LogP contribution in [0, 0.1) is 20.2 Å². The number of nitrogens with one attached hydrogen (secondary N) is 1. The average molecular weight is 425 g/mol. The first-order valence-corrected chi connectivity index (χ1v) is 9.03. The molecule has 0 radical (unpaired) electrons. The van der Waals surface area contributed by atoms with Gasteiger partial charge >= 0.3 is 17.8 Å². The molecule has 1 aromatic carbocycles. The van der Waals surface area contributed by atoms with Gasteiger partial charge < -0.3 is 10.1 Å². The number of hydrogen-bond acceptors (Lipinski definition) is 8. The zero-order valence-electron chi connectivity index (χ0n) is 15.0. The molecule has 1 rings (SSSR count). The number of carbonyl (C=O) groups is 1. The van der Waals surface area contributed by atoms with E-state index in [1.807, 2.05) is 6.92 Å². The number of methoxy groups -OCH3 is 1. The van der Waals surface area contributed by atoms with Crippen LogP contribution in [0.4, 0.5) is 30.2 Å². The third-order valence-electron chi connectivity index (χ3n) is 3.56. The molecule has 1 aromatic rings. The fourth-order valence-corrected chi connectivity index (χ4v) is 3.29. The first-order chi connectivity index (χ1) is 13.0. The van der Waals surface area contributed by atoms with E-state index in [0.717, 1.165) is 20.0 Å². The number of benzene rings is 1. The summed E-state index contributed by atoms with van der Waals surface area (Å²) in [7, 11) is 1.01. The second-order valence-corrected chi connectivity index (χ2v) is 6.49. The Kier molecular flexibility index (Phi) is 8.47. The number of ether oxygens (including phenoxy) is 1. The van der Waals surface area contributed by atoms with Crippen LogP contribution >= 0.6 is 11.8 Å². The van der Waals surface area contributed by atoms with Gasteiger partial charge in [-0.05, 0) is 6.42 Å². The minimum atomic E-state index is -5.10. The summed E-state index contributed by atoms with van der Waals surface area (Å²) in [5.74, 6) is -1.53. The molecule has 13 heteroatoms. The number of esters is 1. The molecule has 0 saturated carbocycles. The predicted octanol–water partition coefficient (Wildman–Crippen LogP) is 4.39. The van der Waals surface area contributed by atoms with Crippen molar-refractivity contribution >= 4 is 34.8 Å². The summed E-state index contributed by atoms with van der Waals surface area (Å²) in [5.41, 5.74) is -4.32. The first-order valence-electron chi connectivity index (χ1n) is 8.05. The Hall–Kier alpha value is -2.57. The van der Waals surface area contributed by atoms with Crippen LogP contribution in [0.3, 0.4) is 0 Å². The number of nitrogens with zero attached hydrogens (tertiary/aromatic N) is 2. The van der Waals surface area contributed by atoms with Crippen molar-refractivity contribution in [2.24, 2.45) is 0 Å². The summed E-state index contributed by atoms with van der Waals surface area (Å²) in [5, 5.41) is 25.3. The van der Waals surface area contributed by atoms with Crippen LogP contribution < -0.4 is 5.32 Å². The number of nitro groups is 2. The highest BCUT2D eigenvalue weighted by atomic mass is 32.2. The number of rotatable bonds is 10. The fourth-order valence-electron chi connectivity index (χ4n) is 2.26. The van der Waals surface area contributed by atoms with Gasteiger partial charge in [0.25, 0.3) is 5.69 Å². The average Bonchev–Trinajstić information content (AvgIpc) is 2.61. The Balaban J connectivity index is 3.64. The number of nitro benzene ring substituents is 2. The van der Waals surface area contributed by atoms with Gasteiger partial charge in [0.1, 0.15) is 4.90 Å². The van der Waals surface area contributed by atoms with E-state index in [1.165, 1.54) is 0 Å². The van der Waals surface area contributed by atoms with E-state index in [4.69, 9.17) is 0 Å². The number of carbonyl (C=O) groups excluding carboxylic acids is 1. The van der Waals surface area contributed by atoms with Gasteiger partial charge in [0, 0.05) is 12.6 Å². The van der Waals surface area contributed by atoms with Gasteiger partial charge in [-0.3, -0.25) is 25.0 Å². The SMILES string of the molecule is CCCCCNc1c([N+](=O)[O-])cc(C(F)(F)F)c(SCC(=O)OC)c1[N+](=O)[O-]. The van der Waals surface area contributed by atoms with Crippen molar-refractivity contribution in [1.82, 2.24) is 0 Å². The highest BCUT2D eigenvalue weighted by molar-refractivity contribution is 8.00. The van der Waals surface area contributed by atoms with Gasteiger partial charge in [-0.15, -0.1) is 11.8 Å².